The van der Waals surface area contributed by atoms with Crippen LogP contribution in [0.1, 0.15) is 41.0 Å². The molecular formula is C23H35IN4OS. The number of benzene rings is 1. The van der Waals surface area contributed by atoms with Gasteiger partial charge in [0.25, 0.3) is 0 Å². The van der Waals surface area contributed by atoms with Crippen molar-refractivity contribution in [1.82, 2.24) is 15.5 Å². The zero-order valence-electron chi connectivity index (χ0n) is 18.4. The Labute approximate surface area is 202 Å². The lowest BCUT2D eigenvalue weighted by Gasteiger charge is -2.33. The maximum atomic E-state index is 6.16. The van der Waals surface area contributed by atoms with Gasteiger partial charge in [0.1, 0.15) is 0 Å². The number of guanidine groups is 1. The van der Waals surface area contributed by atoms with E-state index in [0.29, 0.717) is 12.0 Å². The van der Waals surface area contributed by atoms with Gasteiger partial charge in [-0.05, 0) is 50.9 Å². The van der Waals surface area contributed by atoms with Crippen LogP contribution in [0, 0.1) is 12.8 Å². The maximum absolute atomic E-state index is 6.16. The van der Waals surface area contributed by atoms with E-state index >= 15 is 0 Å². The van der Waals surface area contributed by atoms with Crippen molar-refractivity contribution in [1.29, 1.82) is 0 Å². The molecule has 0 aliphatic carbocycles. The molecule has 2 aromatic rings. The SMILES string of the molecule is CN=C(NCC1CCCOC1c1ccc(C)cc1)NCC(c1cccs1)N(C)C.I. The van der Waals surface area contributed by atoms with Crippen molar-refractivity contribution in [3.05, 3.63) is 57.8 Å². The lowest BCUT2D eigenvalue weighted by molar-refractivity contribution is -0.0265. The summed E-state index contributed by atoms with van der Waals surface area (Å²) in [5.41, 5.74) is 2.56. The van der Waals surface area contributed by atoms with E-state index in [0.717, 1.165) is 38.5 Å². The van der Waals surface area contributed by atoms with E-state index in [9.17, 15) is 0 Å². The van der Waals surface area contributed by atoms with E-state index in [1.165, 1.54) is 16.0 Å². The number of nitrogens with zero attached hydrogens (tertiary/aromatic N) is 2. The molecule has 1 aliphatic heterocycles. The third kappa shape index (κ3) is 6.93. The van der Waals surface area contributed by atoms with Crippen molar-refractivity contribution >= 4 is 41.3 Å². The first-order valence-electron chi connectivity index (χ1n) is 10.4. The lowest BCUT2D eigenvalue weighted by atomic mass is 9.89. The van der Waals surface area contributed by atoms with E-state index in [-0.39, 0.29) is 30.1 Å². The van der Waals surface area contributed by atoms with Gasteiger partial charge in [-0.25, -0.2) is 0 Å². The molecule has 3 rings (SSSR count). The number of nitrogens with one attached hydrogen (secondary N) is 2. The number of hydrogen-bond acceptors (Lipinski definition) is 4. The van der Waals surface area contributed by atoms with Crippen LogP contribution in [0.15, 0.2) is 46.8 Å². The Balaban J connectivity index is 0.00000320. The van der Waals surface area contributed by atoms with Gasteiger partial charge in [-0.1, -0.05) is 35.9 Å². The van der Waals surface area contributed by atoms with E-state index in [1.807, 2.05) is 7.05 Å². The Morgan fingerprint density at radius 2 is 2.00 bits per heavy atom. The predicted octanol–water partition coefficient (Wildman–Crippen LogP) is 4.61. The molecule has 1 aromatic heterocycles. The minimum absolute atomic E-state index is 0. The molecule has 0 radical (unpaired) electrons. The van der Waals surface area contributed by atoms with Gasteiger partial charge in [-0.2, -0.15) is 0 Å². The van der Waals surface area contributed by atoms with E-state index in [1.54, 1.807) is 11.3 Å². The molecule has 2 N–H and O–H groups in total. The van der Waals surface area contributed by atoms with Crippen LogP contribution in [0.25, 0.3) is 0 Å². The van der Waals surface area contributed by atoms with Crippen LogP contribution in [0.4, 0.5) is 0 Å². The van der Waals surface area contributed by atoms with Crippen LogP contribution >= 0.6 is 35.3 Å². The number of aliphatic imine (C=N–C) groups is 1. The lowest BCUT2D eigenvalue weighted by Crippen LogP contribution is -2.44. The first-order chi connectivity index (χ1) is 14.1. The van der Waals surface area contributed by atoms with Crippen LogP contribution in [0.5, 0.6) is 0 Å². The predicted molar refractivity (Wildman–Crippen MR) is 138 cm³/mol. The molecule has 0 spiro atoms. The van der Waals surface area contributed by atoms with Gasteiger partial charge >= 0.3 is 0 Å². The van der Waals surface area contributed by atoms with Crippen LogP contribution in [0.2, 0.25) is 0 Å². The number of likely N-dealkylation sites (N-methyl/N-ethyl adjacent to an activating group) is 1. The van der Waals surface area contributed by atoms with Crippen molar-refractivity contribution in [3.8, 4) is 0 Å². The van der Waals surface area contributed by atoms with Gasteiger partial charge in [0.15, 0.2) is 5.96 Å². The van der Waals surface area contributed by atoms with Gasteiger partial charge in [-0.3, -0.25) is 4.99 Å². The largest absolute Gasteiger partial charge is 0.373 e. The third-order valence-electron chi connectivity index (χ3n) is 5.56. The summed E-state index contributed by atoms with van der Waals surface area (Å²) in [5, 5.41) is 9.17. The second-order valence-corrected chi connectivity index (χ2v) is 8.91. The normalized spacial score (nSPS) is 20.5. The average molecular weight is 543 g/mol. The van der Waals surface area contributed by atoms with Gasteiger partial charge in [0.05, 0.1) is 12.1 Å². The van der Waals surface area contributed by atoms with Gasteiger partial charge in [-0.15, -0.1) is 35.3 Å². The summed E-state index contributed by atoms with van der Waals surface area (Å²) in [5.74, 6) is 1.29. The fourth-order valence-electron chi connectivity index (χ4n) is 3.84. The molecule has 1 saturated heterocycles. The fourth-order valence-corrected chi connectivity index (χ4v) is 4.76. The van der Waals surface area contributed by atoms with Crippen molar-refractivity contribution in [2.75, 3.05) is 40.8 Å². The van der Waals surface area contributed by atoms with Crippen molar-refractivity contribution < 1.29 is 4.74 Å². The van der Waals surface area contributed by atoms with E-state index in [2.05, 4.69) is 83.3 Å². The Hall–Kier alpha value is -1.16. The fraction of sp³-hybridized carbons (Fsp3) is 0.522. The summed E-state index contributed by atoms with van der Waals surface area (Å²) in [4.78, 5) is 8.04. The first kappa shape index (κ1) is 25.1. The average Bonchev–Trinajstić information content (AvgIpc) is 3.25. The quantitative estimate of drug-likeness (QED) is 0.305. The zero-order valence-corrected chi connectivity index (χ0v) is 21.6. The molecule has 1 aromatic carbocycles. The van der Waals surface area contributed by atoms with Crippen molar-refractivity contribution in [3.63, 3.8) is 0 Å². The summed E-state index contributed by atoms with van der Waals surface area (Å²) in [6.07, 6.45) is 2.43. The Morgan fingerprint density at radius 1 is 1.23 bits per heavy atom. The van der Waals surface area contributed by atoms with E-state index in [4.69, 9.17) is 4.74 Å². The van der Waals surface area contributed by atoms with Crippen molar-refractivity contribution in [2.45, 2.75) is 31.9 Å². The van der Waals surface area contributed by atoms with Gasteiger partial charge in [0.2, 0.25) is 0 Å². The van der Waals surface area contributed by atoms with Crippen LogP contribution in [0.3, 0.4) is 0 Å². The molecule has 0 saturated carbocycles. The van der Waals surface area contributed by atoms with Crippen LogP contribution in [-0.4, -0.2) is 51.7 Å². The number of thiophene rings is 1. The summed E-state index contributed by atoms with van der Waals surface area (Å²) in [7, 11) is 6.07. The summed E-state index contributed by atoms with van der Waals surface area (Å²) in [6.45, 7) is 4.63. The summed E-state index contributed by atoms with van der Waals surface area (Å²) >= 11 is 1.80. The molecule has 166 valence electrons. The smallest absolute Gasteiger partial charge is 0.191 e. The number of hydrogen-bond donors (Lipinski definition) is 2. The Morgan fingerprint density at radius 3 is 2.63 bits per heavy atom. The standard InChI is InChI=1S/C23H34N4OS.HI/c1-17-9-11-18(12-10-17)22-19(7-5-13-28-22)15-25-23(24-2)26-16-20(27(3)4)21-8-6-14-29-21;/h6,8-12,14,19-20,22H,5,7,13,15-16H2,1-4H3,(H2,24,25,26);1H. The molecule has 1 aliphatic rings. The number of rotatable bonds is 7. The Kier molecular flexibility index (Phi) is 10.6. The maximum Gasteiger partial charge on any atom is 0.191 e. The number of ether oxygens (including phenoxy) is 1. The Bertz CT molecular complexity index is 764. The number of halogens is 1. The third-order valence-corrected chi connectivity index (χ3v) is 6.54. The van der Waals surface area contributed by atoms with Gasteiger partial charge < -0.3 is 20.3 Å². The van der Waals surface area contributed by atoms with Crippen LogP contribution < -0.4 is 10.6 Å². The topological polar surface area (TPSA) is 48.9 Å². The molecule has 0 amide bonds. The molecule has 3 atom stereocenters. The second-order valence-electron chi connectivity index (χ2n) is 7.93. The zero-order chi connectivity index (χ0) is 20.6. The van der Waals surface area contributed by atoms with Crippen LogP contribution in [-0.2, 0) is 4.74 Å². The monoisotopic (exact) mass is 542 g/mol. The molecule has 5 nitrogen and oxygen atoms in total. The van der Waals surface area contributed by atoms with E-state index < -0.39 is 0 Å². The molecule has 3 unspecified atom stereocenters. The summed E-state index contributed by atoms with van der Waals surface area (Å²) < 4.78 is 6.16. The highest BCUT2D eigenvalue weighted by atomic mass is 127. The molecule has 1 fully saturated rings. The second kappa shape index (κ2) is 12.6. The molecule has 0 bridgehead atoms. The minimum Gasteiger partial charge on any atom is -0.373 e. The molecular weight excluding hydrogens is 507 g/mol. The van der Waals surface area contributed by atoms with Gasteiger partial charge in [0, 0.05) is 37.5 Å². The molecule has 7 heteroatoms. The highest BCUT2D eigenvalue weighted by Gasteiger charge is 2.27. The summed E-state index contributed by atoms with van der Waals surface area (Å²) in [6, 6.07) is 13.4. The number of aryl methyl sites for hydroxylation is 1. The highest BCUT2D eigenvalue weighted by molar-refractivity contribution is 14.0. The minimum atomic E-state index is 0. The first-order valence-corrected chi connectivity index (χ1v) is 11.3. The highest BCUT2D eigenvalue weighted by Crippen LogP contribution is 2.33. The molecule has 2 heterocycles. The molecule has 30 heavy (non-hydrogen) atoms. The van der Waals surface area contributed by atoms with Crippen molar-refractivity contribution in [2.24, 2.45) is 10.9 Å².